The first-order valence-corrected chi connectivity index (χ1v) is 6.18. The average molecular weight is 236 g/mol. The monoisotopic (exact) mass is 236 g/mol. The van der Waals surface area contributed by atoms with Crippen LogP contribution < -0.4 is 10.1 Å². The second kappa shape index (κ2) is 7.30. The molecule has 0 saturated carbocycles. The van der Waals surface area contributed by atoms with E-state index in [-0.39, 0.29) is 0 Å². The van der Waals surface area contributed by atoms with Crippen LogP contribution in [0.1, 0.15) is 24.5 Å². The van der Waals surface area contributed by atoms with Crippen LogP contribution >= 0.6 is 0 Å². The van der Waals surface area contributed by atoms with Crippen LogP contribution in [0, 0.1) is 0 Å². The van der Waals surface area contributed by atoms with Crippen LogP contribution in [0.4, 0.5) is 0 Å². The maximum Gasteiger partial charge on any atom is 0.123 e. The number of nitrogens with one attached hydrogen (secondary N) is 1. The van der Waals surface area contributed by atoms with Crippen LogP contribution in [0.5, 0.6) is 5.75 Å². The van der Waals surface area contributed by atoms with Gasteiger partial charge in [-0.2, -0.15) is 0 Å². The topological polar surface area (TPSA) is 24.5 Å². The van der Waals surface area contributed by atoms with Crippen LogP contribution in [0.25, 0.3) is 0 Å². The predicted molar refractivity (Wildman–Crippen MR) is 72.4 cm³/mol. The van der Waals surface area contributed by atoms with E-state index in [1.165, 1.54) is 11.1 Å². The van der Waals surface area contributed by atoms with E-state index >= 15 is 0 Å². The second-order valence-electron chi connectivity index (χ2n) is 4.56. The van der Waals surface area contributed by atoms with Gasteiger partial charge in [0.05, 0.1) is 7.11 Å². The molecule has 0 amide bonds. The number of hydrogen-bond acceptors (Lipinski definition) is 3. The minimum Gasteiger partial charge on any atom is -0.496 e. The molecular formula is C14H24N2O. The van der Waals surface area contributed by atoms with Crippen LogP contribution in [0.3, 0.4) is 0 Å². The molecule has 1 rings (SSSR count). The highest BCUT2D eigenvalue weighted by atomic mass is 16.5. The van der Waals surface area contributed by atoms with Crippen molar-refractivity contribution in [2.24, 2.45) is 0 Å². The minimum atomic E-state index is 0.873. The fraction of sp³-hybridized carbons (Fsp3) is 0.571. The van der Waals surface area contributed by atoms with Crippen molar-refractivity contribution in [3.63, 3.8) is 0 Å². The van der Waals surface area contributed by atoms with Gasteiger partial charge in [-0.05, 0) is 44.8 Å². The van der Waals surface area contributed by atoms with Crippen molar-refractivity contribution in [2.45, 2.75) is 26.4 Å². The lowest BCUT2D eigenvalue weighted by atomic mass is 10.1. The molecular weight excluding hydrogens is 212 g/mol. The standard InChI is InChI=1S/C14H24N2O/c1-5-8-15-10-13-9-12(11-16(2)3)6-7-14(13)17-4/h6-7,9,15H,5,8,10-11H2,1-4H3. The molecule has 0 fully saturated rings. The van der Waals surface area contributed by atoms with Gasteiger partial charge in [0.2, 0.25) is 0 Å². The fourth-order valence-electron chi connectivity index (χ4n) is 1.83. The number of hydrogen-bond donors (Lipinski definition) is 1. The van der Waals surface area contributed by atoms with Crippen LogP contribution in [-0.4, -0.2) is 32.6 Å². The van der Waals surface area contributed by atoms with Crippen molar-refractivity contribution in [3.8, 4) is 5.75 Å². The lowest BCUT2D eigenvalue weighted by Gasteiger charge is -2.14. The maximum atomic E-state index is 5.38. The molecule has 0 unspecified atom stereocenters. The van der Waals surface area contributed by atoms with E-state index in [0.29, 0.717) is 0 Å². The summed E-state index contributed by atoms with van der Waals surface area (Å²) in [6, 6.07) is 6.41. The molecule has 0 spiro atoms. The van der Waals surface area contributed by atoms with Gasteiger partial charge in [0, 0.05) is 18.7 Å². The Labute approximate surface area is 105 Å². The molecule has 0 saturated heterocycles. The molecule has 0 aliphatic heterocycles. The second-order valence-corrected chi connectivity index (χ2v) is 4.56. The first-order valence-electron chi connectivity index (χ1n) is 6.18. The van der Waals surface area contributed by atoms with E-state index in [9.17, 15) is 0 Å². The lowest BCUT2D eigenvalue weighted by molar-refractivity contribution is 0.397. The highest BCUT2D eigenvalue weighted by Gasteiger charge is 2.04. The third-order valence-corrected chi connectivity index (χ3v) is 2.59. The molecule has 3 heteroatoms. The van der Waals surface area contributed by atoms with Gasteiger partial charge >= 0.3 is 0 Å². The van der Waals surface area contributed by atoms with Crippen LogP contribution in [0.15, 0.2) is 18.2 Å². The highest BCUT2D eigenvalue weighted by Crippen LogP contribution is 2.20. The maximum absolute atomic E-state index is 5.38. The molecule has 0 atom stereocenters. The molecule has 17 heavy (non-hydrogen) atoms. The van der Waals surface area contributed by atoms with Crippen molar-refractivity contribution < 1.29 is 4.74 Å². The SMILES string of the molecule is CCCNCc1cc(CN(C)C)ccc1OC. The summed E-state index contributed by atoms with van der Waals surface area (Å²) >= 11 is 0. The summed E-state index contributed by atoms with van der Waals surface area (Å²) in [6.07, 6.45) is 1.15. The Kier molecular flexibility index (Phi) is 6.01. The zero-order chi connectivity index (χ0) is 12.7. The Morgan fingerprint density at radius 2 is 2.06 bits per heavy atom. The molecule has 0 radical (unpaired) electrons. The normalized spacial score (nSPS) is 10.9. The van der Waals surface area contributed by atoms with Crippen LogP contribution in [-0.2, 0) is 13.1 Å². The molecule has 1 N–H and O–H groups in total. The smallest absolute Gasteiger partial charge is 0.123 e. The van der Waals surface area contributed by atoms with E-state index in [4.69, 9.17) is 4.74 Å². The Bertz CT molecular complexity index is 337. The van der Waals surface area contributed by atoms with Crippen molar-refractivity contribution in [2.75, 3.05) is 27.7 Å². The van der Waals surface area contributed by atoms with Crippen molar-refractivity contribution in [1.29, 1.82) is 0 Å². The Morgan fingerprint density at radius 1 is 1.29 bits per heavy atom. The van der Waals surface area contributed by atoms with Gasteiger partial charge in [-0.15, -0.1) is 0 Å². The van der Waals surface area contributed by atoms with Gasteiger partial charge in [-0.1, -0.05) is 13.0 Å². The largest absolute Gasteiger partial charge is 0.496 e. The molecule has 0 aliphatic rings. The zero-order valence-electron chi connectivity index (χ0n) is 11.4. The Morgan fingerprint density at radius 3 is 2.65 bits per heavy atom. The zero-order valence-corrected chi connectivity index (χ0v) is 11.4. The predicted octanol–water partition coefficient (Wildman–Crippen LogP) is 2.26. The van der Waals surface area contributed by atoms with Crippen molar-refractivity contribution in [3.05, 3.63) is 29.3 Å². The highest BCUT2D eigenvalue weighted by molar-refractivity contribution is 5.37. The summed E-state index contributed by atoms with van der Waals surface area (Å²) in [4.78, 5) is 2.17. The molecule has 0 aromatic heterocycles. The molecule has 96 valence electrons. The van der Waals surface area contributed by atoms with Gasteiger partial charge in [-0.3, -0.25) is 0 Å². The number of methoxy groups -OCH3 is 1. The number of benzene rings is 1. The fourth-order valence-corrected chi connectivity index (χ4v) is 1.83. The Hall–Kier alpha value is -1.06. The third kappa shape index (κ3) is 4.75. The third-order valence-electron chi connectivity index (χ3n) is 2.59. The number of ether oxygens (including phenoxy) is 1. The van der Waals surface area contributed by atoms with Gasteiger partial charge < -0.3 is 15.0 Å². The van der Waals surface area contributed by atoms with Gasteiger partial charge in [0.15, 0.2) is 0 Å². The van der Waals surface area contributed by atoms with E-state index < -0.39 is 0 Å². The summed E-state index contributed by atoms with van der Waals surface area (Å²) in [5.74, 6) is 0.969. The average Bonchev–Trinajstić information content (AvgIpc) is 2.29. The van der Waals surface area contributed by atoms with Crippen LogP contribution in [0.2, 0.25) is 0 Å². The van der Waals surface area contributed by atoms with Crippen molar-refractivity contribution in [1.82, 2.24) is 10.2 Å². The molecule has 0 bridgehead atoms. The summed E-state index contributed by atoms with van der Waals surface area (Å²) in [6.45, 7) is 5.05. The summed E-state index contributed by atoms with van der Waals surface area (Å²) in [5, 5.41) is 3.41. The molecule has 1 aromatic carbocycles. The van der Waals surface area contributed by atoms with E-state index in [1.807, 2.05) is 0 Å². The molecule has 3 nitrogen and oxygen atoms in total. The van der Waals surface area contributed by atoms with Crippen molar-refractivity contribution >= 4 is 0 Å². The first kappa shape index (κ1) is 14.0. The molecule has 0 heterocycles. The summed E-state index contributed by atoms with van der Waals surface area (Å²) < 4.78 is 5.38. The minimum absolute atomic E-state index is 0.873. The lowest BCUT2D eigenvalue weighted by Crippen LogP contribution is -2.15. The van der Waals surface area contributed by atoms with Gasteiger partial charge in [0.1, 0.15) is 5.75 Å². The van der Waals surface area contributed by atoms with Gasteiger partial charge in [0.25, 0.3) is 0 Å². The summed E-state index contributed by atoms with van der Waals surface area (Å²) in [7, 11) is 5.89. The van der Waals surface area contributed by atoms with Gasteiger partial charge in [-0.25, -0.2) is 0 Å². The van der Waals surface area contributed by atoms with E-state index in [1.54, 1.807) is 7.11 Å². The molecule has 1 aromatic rings. The Balaban J connectivity index is 2.75. The van der Waals surface area contributed by atoms with E-state index in [0.717, 1.165) is 31.8 Å². The first-order chi connectivity index (χ1) is 8.17. The van der Waals surface area contributed by atoms with E-state index in [2.05, 4.69) is 49.4 Å². The summed E-state index contributed by atoms with van der Waals surface area (Å²) in [5.41, 5.74) is 2.56. The quantitative estimate of drug-likeness (QED) is 0.735. The molecule has 0 aliphatic carbocycles. The number of rotatable bonds is 7. The number of nitrogens with zero attached hydrogens (tertiary/aromatic N) is 1.